The number of hydrazine groups is 1. The van der Waals surface area contributed by atoms with Crippen molar-refractivity contribution in [3.8, 4) is 11.5 Å². The zero-order valence-corrected chi connectivity index (χ0v) is 30.9. The molecule has 1 saturated carbocycles. The van der Waals surface area contributed by atoms with Gasteiger partial charge in [0.1, 0.15) is 0 Å². The number of ether oxygens (including phenoxy) is 1. The predicted octanol–water partition coefficient (Wildman–Crippen LogP) is 7.22. The molecule has 3 aromatic carbocycles. The third-order valence-corrected chi connectivity index (χ3v) is 11.9. The number of imide groups is 2. The summed E-state index contributed by atoms with van der Waals surface area (Å²) in [5.74, 6) is -8.76. The summed E-state index contributed by atoms with van der Waals surface area (Å²) in [6.07, 6.45) is -2.66. The average molecular weight is 823 g/mol. The summed E-state index contributed by atoms with van der Waals surface area (Å²) in [6.45, 7) is 0. The molecule has 57 heavy (non-hydrogen) atoms. The average Bonchev–Trinajstić information content (AvgIpc) is 3.56. The number of phenols is 1. The fraction of sp³-hybridized carbons (Fsp3) is 0.256. The molecule has 1 aromatic heterocycles. The second-order valence-electron chi connectivity index (χ2n) is 14.1. The van der Waals surface area contributed by atoms with E-state index in [4.69, 9.17) is 27.9 Å². The summed E-state index contributed by atoms with van der Waals surface area (Å²) in [6, 6.07) is 16.4. The minimum Gasteiger partial charge on any atom is -0.504 e. The molecule has 0 spiro atoms. The number of aromatic hydroxyl groups is 1. The minimum absolute atomic E-state index is 0.00140. The topological polar surface area (TPSA) is 172 Å². The number of methoxy groups -OCH3 is 1. The van der Waals surface area contributed by atoms with Crippen LogP contribution in [0.3, 0.4) is 0 Å². The van der Waals surface area contributed by atoms with E-state index in [0.29, 0.717) is 39.0 Å². The SMILES string of the molecule is COc1ccc(C2C3=CCC4C(=O)N(c5cccc([N+](=O)[O-])c5)C(=O)C4C3CC3C(=O)N(Nc4ncc(C(F)(F)F)cc4Cl)C(=O)C32c2ccc(Cl)cc2)cc1O. The van der Waals surface area contributed by atoms with Gasteiger partial charge in [-0.25, -0.2) is 9.88 Å². The number of pyridine rings is 1. The molecule has 2 saturated heterocycles. The Bertz CT molecular complexity index is 2450. The number of non-ortho nitro benzene ring substituents is 1. The number of amides is 4. The smallest absolute Gasteiger partial charge is 0.417 e. The van der Waals surface area contributed by atoms with Crippen LogP contribution in [0.2, 0.25) is 10.0 Å². The highest BCUT2D eigenvalue weighted by Gasteiger charge is 2.70. The number of hydrogen-bond acceptors (Lipinski definition) is 10. The standard InChI is InChI=1S/C39H28Cl2F3N5O8/c1-57-30-12-5-18(13-29(30)50)32-24-10-11-25-31(36(53)47(34(25)51)22-3-2-4-23(15-22)49(55)56)26(24)16-27-35(52)48(37(54)38(27,32)19-6-8-21(40)9-7-19)46-33-28(41)14-20(17-45-33)39(42,43)44/h2-10,12-15,17,25-27,31-32,50H,11,16H2,1H3,(H,45,46). The number of allylic oxidation sites excluding steroid dienone is 2. The van der Waals surface area contributed by atoms with Crippen molar-refractivity contribution in [3.05, 3.63) is 127 Å². The maximum atomic E-state index is 15.3. The predicted molar refractivity (Wildman–Crippen MR) is 197 cm³/mol. The Morgan fingerprint density at radius 3 is 2.37 bits per heavy atom. The Morgan fingerprint density at radius 1 is 0.982 bits per heavy atom. The molecule has 2 N–H and O–H groups in total. The first-order valence-corrected chi connectivity index (χ1v) is 18.2. The van der Waals surface area contributed by atoms with Gasteiger partial charge in [0, 0.05) is 29.3 Å². The summed E-state index contributed by atoms with van der Waals surface area (Å²) in [5.41, 5.74) is 0.398. The van der Waals surface area contributed by atoms with Crippen molar-refractivity contribution >= 4 is 64.0 Å². The van der Waals surface area contributed by atoms with E-state index in [9.17, 15) is 42.8 Å². The largest absolute Gasteiger partial charge is 0.504 e. The van der Waals surface area contributed by atoms with Crippen molar-refractivity contribution in [2.24, 2.45) is 23.7 Å². The third-order valence-electron chi connectivity index (χ3n) is 11.4. The molecule has 292 valence electrons. The molecule has 0 bridgehead atoms. The van der Waals surface area contributed by atoms with Gasteiger partial charge < -0.3 is 9.84 Å². The van der Waals surface area contributed by atoms with E-state index in [2.05, 4.69) is 10.4 Å². The molecule has 2 aliphatic carbocycles. The number of halogens is 5. The molecule has 3 fully saturated rings. The van der Waals surface area contributed by atoms with Crippen LogP contribution in [0.1, 0.15) is 35.4 Å². The monoisotopic (exact) mass is 821 g/mol. The number of aromatic nitrogens is 1. The molecular weight excluding hydrogens is 794 g/mol. The number of carbonyl (C=O) groups is 4. The summed E-state index contributed by atoms with van der Waals surface area (Å²) in [7, 11) is 1.35. The van der Waals surface area contributed by atoms with E-state index < -0.39 is 86.1 Å². The number of benzene rings is 3. The molecule has 13 nitrogen and oxygen atoms in total. The highest BCUT2D eigenvalue weighted by atomic mass is 35.5. The van der Waals surface area contributed by atoms with E-state index >= 15 is 4.79 Å². The van der Waals surface area contributed by atoms with Crippen LogP contribution in [0.4, 0.5) is 30.4 Å². The third kappa shape index (κ3) is 5.79. The number of nitrogens with zero attached hydrogens (tertiary/aromatic N) is 4. The molecule has 4 amide bonds. The van der Waals surface area contributed by atoms with Crippen LogP contribution in [-0.4, -0.2) is 50.8 Å². The number of alkyl halides is 3. The second-order valence-corrected chi connectivity index (χ2v) is 15.0. The fourth-order valence-electron chi connectivity index (χ4n) is 9.04. The lowest BCUT2D eigenvalue weighted by Crippen LogP contribution is -2.53. The van der Waals surface area contributed by atoms with Gasteiger partial charge in [-0.1, -0.05) is 59.1 Å². The first kappa shape index (κ1) is 37.9. The van der Waals surface area contributed by atoms with Crippen LogP contribution in [0.15, 0.2) is 90.6 Å². The fourth-order valence-corrected chi connectivity index (χ4v) is 9.38. The zero-order chi connectivity index (χ0) is 40.7. The molecule has 4 aliphatic rings. The lowest BCUT2D eigenvalue weighted by molar-refractivity contribution is -0.384. The maximum Gasteiger partial charge on any atom is 0.417 e. The van der Waals surface area contributed by atoms with Gasteiger partial charge in [-0.3, -0.25) is 34.7 Å². The molecule has 8 rings (SSSR count). The number of nitrogens with one attached hydrogen (secondary N) is 1. The van der Waals surface area contributed by atoms with E-state index in [1.807, 2.05) is 0 Å². The van der Waals surface area contributed by atoms with Gasteiger partial charge in [0.15, 0.2) is 17.3 Å². The molecule has 0 radical (unpaired) electrons. The van der Waals surface area contributed by atoms with Gasteiger partial charge in [-0.15, -0.1) is 0 Å². The lowest BCUT2D eigenvalue weighted by atomic mass is 9.49. The number of carbonyl (C=O) groups excluding carboxylic acids is 4. The molecule has 18 heteroatoms. The van der Waals surface area contributed by atoms with E-state index in [-0.39, 0.29) is 35.7 Å². The quantitative estimate of drug-likeness (QED) is 0.0839. The van der Waals surface area contributed by atoms with E-state index in [0.717, 1.165) is 11.0 Å². The minimum atomic E-state index is -4.79. The summed E-state index contributed by atoms with van der Waals surface area (Å²) < 4.78 is 45.7. The van der Waals surface area contributed by atoms with Gasteiger partial charge >= 0.3 is 6.18 Å². The van der Waals surface area contributed by atoms with E-state index in [1.165, 1.54) is 49.6 Å². The van der Waals surface area contributed by atoms with Crippen molar-refractivity contribution in [1.82, 2.24) is 9.99 Å². The number of hydrogen-bond donors (Lipinski definition) is 2. The van der Waals surface area contributed by atoms with Crippen LogP contribution < -0.4 is 15.1 Å². The number of fused-ring (bicyclic) bond motifs is 4. The Balaban J connectivity index is 1.31. The number of nitro benzene ring substituents is 1. The van der Waals surface area contributed by atoms with Crippen LogP contribution in [0, 0.1) is 33.8 Å². The van der Waals surface area contributed by atoms with Crippen molar-refractivity contribution in [2.75, 3.05) is 17.4 Å². The summed E-state index contributed by atoms with van der Waals surface area (Å²) >= 11 is 12.5. The van der Waals surface area contributed by atoms with Gasteiger partial charge in [0.2, 0.25) is 11.8 Å². The Labute approximate surface area is 330 Å². The number of rotatable bonds is 7. The van der Waals surface area contributed by atoms with E-state index in [1.54, 1.807) is 24.3 Å². The molecule has 6 atom stereocenters. The highest BCUT2D eigenvalue weighted by Crippen LogP contribution is 2.64. The molecule has 3 heterocycles. The number of nitro groups is 1. The number of anilines is 2. The first-order chi connectivity index (χ1) is 27.1. The first-order valence-electron chi connectivity index (χ1n) is 17.4. The Kier molecular flexibility index (Phi) is 9.03. The van der Waals surface area contributed by atoms with Crippen LogP contribution in [-0.2, 0) is 30.8 Å². The molecule has 2 aliphatic heterocycles. The van der Waals surface area contributed by atoms with Crippen molar-refractivity contribution in [2.45, 2.75) is 30.4 Å². The molecule has 4 aromatic rings. The molecule has 6 unspecified atom stereocenters. The van der Waals surface area contributed by atoms with Crippen LogP contribution in [0.25, 0.3) is 0 Å². The van der Waals surface area contributed by atoms with Crippen molar-refractivity contribution < 1.29 is 47.1 Å². The zero-order valence-electron chi connectivity index (χ0n) is 29.4. The molecular formula is C39H28Cl2F3N5O8. The van der Waals surface area contributed by atoms with Gasteiger partial charge in [0.05, 0.1) is 51.5 Å². The highest BCUT2D eigenvalue weighted by molar-refractivity contribution is 6.33. The van der Waals surface area contributed by atoms with Crippen LogP contribution >= 0.6 is 23.2 Å². The van der Waals surface area contributed by atoms with Gasteiger partial charge in [-0.05, 0) is 66.3 Å². The second kappa shape index (κ2) is 13.6. The van der Waals surface area contributed by atoms with Gasteiger partial charge in [-0.2, -0.15) is 18.2 Å². The van der Waals surface area contributed by atoms with Crippen molar-refractivity contribution in [1.29, 1.82) is 0 Å². The van der Waals surface area contributed by atoms with Crippen molar-refractivity contribution in [3.63, 3.8) is 0 Å². The summed E-state index contributed by atoms with van der Waals surface area (Å²) in [5, 5.41) is 23.1. The summed E-state index contributed by atoms with van der Waals surface area (Å²) in [4.78, 5) is 74.3. The maximum absolute atomic E-state index is 15.3. The number of phenolic OH excluding ortho intramolecular Hbond substituents is 1. The Morgan fingerprint density at radius 2 is 1.72 bits per heavy atom. The lowest BCUT2D eigenvalue weighted by Gasteiger charge is -2.50. The Hall–Kier alpha value is -6.00. The van der Waals surface area contributed by atoms with Crippen LogP contribution in [0.5, 0.6) is 11.5 Å². The van der Waals surface area contributed by atoms with Gasteiger partial charge in [0.25, 0.3) is 17.5 Å². The normalized spacial score (nSPS) is 25.5.